The average Bonchev–Trinajstić information content (AvgIpc) is 2.44. The zero-order valence-corrected chi connectivity index (χ0v) is 11.8. The van der Waals surface area contributed by atoms with Gasteiger partial charge < -0.3 is 10.1 Å². The molecule has 0 atom stereocenters. The Labute approximate surface area is 118 Å². The number of ether oxygens (including phenoxy) is 1. The summed E-state index contributed by atoms with van der Waals surface area (Å²) in [4.78, 5) is 4.26. The SMILES string of the molecule is CCCNCc1cc(Oc2cc(C)ccc2F)ccn1. The van der Waals surface area contributed by atoms with Crippen LogP contribution in [0.3, 0.4) is 0 Å². The minimum absolute atomic E-state index is 0.240. The molecule has 0 fully saturated rings. The van der Waals surface area contributed by atoms with Gasteiger partial charge in [-0.3, -0.25) is 4.98 Å². The summed E-state index contributed by atoms with van der Waals surface area (Å²) in [6, 6.07) is 8.37. The first-order chi connectivity index (χ1) is 9.69. The van der Waals surface area contributed by atoms with Gasteiger partial charge in [-0.15, -0.1) is 0 Å². The van der Waals surface area contributed by atoms with Gasteiger partial charge in [-0.2, -0.15) is 0 Å². The predicted octanol–water partition coefficient (Wildman–Crippen LogP) is 3.82. The van der Waals surface area contributed by atoms with E-state index in [1.54, 1.807) is 24.4 Å². The number of hydrogen-bond donors (Lipinski definition) is 1. The fourth-order valence-corrected chi connectivity index (χ4v) is 1.83. The van der Waals surface area contributed by atoms with Gasteiger partial charge in [-0.1, -0.05) is 13.0 Å². The zero-order valence-electron chi connectivity index (χ0n) is 11.8. The summed E-state index contributed by atoms with van der Waals surface area (Å²) in [6.07, 6.45) is 2.75. The maximum absolute atomic E-state index is 13.7. The molecule has 1 aromatic heterocycles. The Kier molecular flexibility index (Phi) is 5.07. The van der Waals surface area contributed by atoms with E-state index in [4.69, 9.17) is 4.74 Å². The Balaban J connectivity index is 2.09. The van der Waals surface area contributed by atoms with Crippen molar-refractivity contribution in [1.82, 2.24) is 10.3 Å². The predicted molar refractivity (Wildman–Crippen MR) is 77.4 cm³/mol. The van der Waals surface area contributed by atoms with Crippen molar-refractivity contribution in [2.24, 2.45) is 0 Å². The lowest BCUT2D eigenvalue weighted by Gasteiger charge is -2.09. The summed E-state index contributed by atoms with van der Waals surface area (Å²) in [5.74, 6) is 0.472. The van der Waals surface area contributed by atoms with E-state index in [0.717, 1.165) is 24.2 Å². The first kappa shape index (κ1) is 14.5. The summed E-state index contributed by atoms with van der Waals surface area (Å²) in [5, 5.41) is 3.27. The van der Waals surface area contributed by atoms with E-state index >= 15 is 0 Å². The molecule has 0 aliphatic heterocycles. The van der Waals surface area contributed by atoms with Crippen molar-refractivity contribution in [3.8, 4) is 11.5 Å². The molecule has 0 aliphatic rings. The molecule has 0 saturated heterocycles. The Morgan fingerprint density at radius 2 is 2.10 bits per heavy atom. The average molecular weight is 274 g/mol. The van der Waals surface area contributed by atoms with E-state index in [0.29, 0.717) is 12.3 Å². The summed E-state index contributed by atoms with van der Waals surface area (Å²) in [6.45, 7) is 5.64. The summed E-state index contributed by atoms with van der Waals surface area (Å²) < 4.78 is 19.2. The van der Waals surface area contributed by atoms with Crippen LogP contribution in [0.25, 0.3) is 0 Å². The number of nitrogens with one attached hydrogen (secondary N) is 1. The van der Waals surface area contributed by atoms with E-state index in [1.807, 2.05) is 13.0 Å². The smallest absolute Gasteiger partial charge is 0.165 e. The highest BCUT2D eigenvalue weighted by molar-refractivity contribution is 5.34. The number of rotatable bonds is 6. The van der Waals surface area contributed by atoms with Crippen LogP contribution in [0.2, 0.25) is 0 Å². The second-order valence-corrected chi connectivity index (χ2v) is 4.70. The van der Waals surface area contributed by atoms with E-state index in [-0.39, 0.29) is 11.6 Å². The summed E-state index contributed by atoms with van der Waals surface area (Å²) in [5.41, 5.74) is 1.84. The van der Waals surface area contributed by atoms with Gasteiger partial charge in [0, 0.05) is 18.8 Å². The molecule has 0 amide bonds. The third-order valence-corrected chi connectivity index (χ3v) is 2.84. The molecule has 0 bridgehead atoms. The molecule has 0 aliphatic carbocycles. The number of hydrogen-bond acceptors (Lipinski definition) is 3. The molecular formula is C16H19FN2O. The lowest BCUT2D eigenvalue weighted by atomic mass is 10.2. The van der Waals surface area contributed by atoms with Crippen LogP contribution in [-0.4, -0.2) is 11.5 Å². The molecule has 1 heterocycles. The van der Waals surface area contributed by atoms with Crippen LogP contribution in [0.1, 0.15) is 24.6 Å². The van der Waals surface area contributed by atoms with E-state index < -0.39 is 0 Å². The van der Waals surface area contributed by atoms with Gasteiger partial charge in [0.15, 0.2) is 11.6 Å². The quantitative estimate of drug-likeness (QED) is 0.813. The van der Waals surface area contributed by atoms with Crippen molar-refractivity contribution in [2.45, 2.75) is 26.8 Å². The number of halogens is 1. The van der Waals surface area contributed by atoms with Crippen molar-refractivity contribution in [2.75, 3.05) is 6.54 Å². The molecule has 0 unspecified atom stereocenters. The topological polar surface area (TPSA) is 34.1 Å². The minimum Gasteiger partial charge on any atom is -0.454 e. The van der Waals surface area contributed by atoms with Gasteiger partial charge in [0.25, 0.3) is 0 Å². The highest BCUT2D eigenvalue weighted by Crippen LogP contribution is 2.25. The molecule has 0 spiro atoms. The summed E-state index contributed by atoms with van der Waals surface area (Å²) >= 11 is 0. The van der Waals surface area contributed by atoms with Gasteiger partial charge in [0.2, 0.25) is 0 Å². The molecule has 106 valence electrons. The normalized spacial score (nSPS) is 10.6. The lowest BCUT2D eigenvalue weighted by molar-refractivity contribution is 0.440. The summed E-state index contributed by atoms with van der Waals surface area (Å²) in [7, 11) is 0. The van der Waals surface area contributed by atoms with Gasteiger partial charge in [-0.05, 0) is 43.7 Å². The fourth-order valence-electron chi connectivity index (χ4n) is 1.83. The molecule has 0 radical (unpaired) electrons. The molecule has 4 heteroatoms. The number of benzene rings is 1. The van der Waals surface area contributed by atoms with E-state index in [9.17, 15) is 4.39 Å². The van der Waals surface area contributed by atoms with Gasteiger partial charge in [0.05, 0.1) is 5.69 Å². The van der Waals surface area contributed by atoms with Crippen LogP contribution in [0, 0.1) is 12.7 Å². The fraction of sp³-hybridized carbons (Fsp3) is 0.312. The van der Waals surface area contributed by atoms with Crippen molar-refractivity contribution < 1.29 is 9.13 Å². The van der Waals surface area contributed by atoms with Crippen LogP contribution >= 0.6 is 0 Å². The van der Waals surface area contributed by atoms with Crippen molar-refractivity contribution in [1.29, 1.82) is 0 Å². The van der Waals surface area contributed by atoms with Crippen molar-refractivity contribution in [3.05, 3.63) is 53.6 Å². The van der Waals surface area contributed by atoms with Crippen LogP contribution in [0.5, 0.6) is 11.5 Å². The van der Waals surface area contributed by atoms with Crippen LogP contribution in [0.4, 0.5) is 4.39 Å². The van der Waals surface area contributed by atoms with Crippen molar-refractivity contribution in [3.63, 3.8) is 0 Å². The maximum Gasteiger partial charge on any atom is 0.165 e. The first-order valence-corrected chi connectivity index (χ1v) is 6.78. The second kappa shape index (κ2) is 7.01. The molecule has 20 heavy (non-hydrogen) atoms. The first-order valence-electron chi connectivity index (χ1n) is 6.78. The number of aromatic nitrogens is 1. The van der Waals surface area contributed by atoms with E-state index in [2.05, 4.69) is 17.2 Å². The molecule has 1 aromatic carbocycles. The molecule has 3 nitrogen and oxygen atoms in total. The Morgan fingerprint density at radius 1 is 1.25 bits per heavy atom. The lowest BCUT2D eigenvalue weighted by Crippen LogP contribution is -2.14. The van der Waals surface area contributed by atoms with Crippen LogP contribution in [0.15, 0.2) is 36.5 Å². The Bertz CT molecular complexity index is 572. The third-order valence-electron chi connectivity index (χ3n) is 2.84. The van der Waals surface area contributed by atoms with Gasteiger partial charge >= 0.3 is 0 Å². The highest BCUT2D eigenvalue weighted by atomic mass is 19.1. The number of aryl methyl sites for hydroxylation is 1. The molecule has 2 aromatic rings. The number of pyridine rings is 1. The van der Waals surface area contributed by atoms with E-state index in [1.165, 1.54) is 6.07 Å². The highest BCUT2D eigenvalue weighted by Gasteiger charge is 2.06. The van der Waals surface area contributed by atoms with Gasteiger partial charge in [0.1, 0.15) is 5.75 Å². The second-order valence-electron chi connectivity index (χ2n) is 4.70. The van der Waals surface area contributed by atoms with Crippen LogP contribution < -0.4 is 10.1 Å². The minimum atomic E-state index is -0.363. The molecular weight excluding hydrogens is 255 g/mol. The van der Waals surface area contributed by atoms with Crippen LogP contribution in [-0.2, 0) is 6.54 Å². The molecule has 0 saturated carbocycles. The maximum atomic E-state index is 13.7. The Morgan fingerprint density at radius 3 is 2.90 bits per heavy atom. The third kappa shape index (κ3) is 4.03. The zero-order chi connectivity index (χ0) is 14.4. The molecule has 2 rings (SSSR count). The number of nitrogens with zero attached hydrogens (tertiary/aromatic N) is 1. The van der Waals surface area contributed by atoms with Gasteiger partial charge in [-0.25, -0.2) is 4.39 Å². The standard InChI is InChI=1S/C16H19FN2O/c1-3-7-18-11-13-10-14(6-8-19-13)20-16-9-12(2)4-5-15(16)17/h4-6,8-10,18H,3,7,11H2,1-2H3. The molecule has 1 N–H and O–H groups in total. The largest absolute Gasteiger partial charge is 0.454 e. The Hall–Kier alpha value is -1.94. The van der Waals surface area contributed by atoms with Crippen molar-refractivity contribution >= 4 is 0 Å². The monoisotopic (exact) mass is 274 g/mol.